The van der Waals surface area contributed by atoms with E-state index in [0.717, 1.165) is 5.56 Å². The van der Waals surface area contributed by atoms with Crippen LogP contribution in [0.4, 0.5) is 13.2 Å². The van der Waals surface area contributed by atoms with Crippen LogP contribution in [-0.4, -0.2) is 12.1 Å². The monoisotopic (exact) mass is 320 g/mol. The molecule has 0 saturated heterocycles. The van der Waals surface area contributed by atoms with Crippen LogP contribution in [0.2, 0.25) is 0 Å². The molecular weight excluding hydrogens is 305 g/mol. The van der Waals surface area contributed by atoms with Gasteiger partial charge in [0.25, 0.3) is 0 Å². The van der Waals surface area contributed by atoms with E-state index in [2.05, 4.69) is 0 Å². The summed E-state index contributed by atoms with van der Waals surface area (Å²) in [4.78, 5) is 12.3. The molecule has 0 fully saturated rings. The van der Waals surface area contributed by atoms with Gasteiger partial charge in [0.05, 0.1) is 5.56 Å². The van der Waals surface area contributed by atoms with E-state index in [4.69, 9.17) is 4.74 Å². The number of fused-ring (bicyclic) bond motifs is 1. The molecule has 2 nitrogen and oxygen atoms in total. The molecule has 0 bridgehead atoms. The lowest BCUT2D eigenvalue weighted by Crippen LogP contribution is -2.50. The number of benzene rings is 2. The Hall–Kier alpha value is -2.30. The molecule has 1 unspecified atom stereocenters. The third-order valence-corrected chi connectivity index (χ3v) is 4.17. The molecular formula is C18H15F3O2. The Morgan fingerprint density at radius 1 is 1.09 bits per heavy atom. The van der Waals surface area contributed by atoms with Crippen molar-refractivity contribution in [2.75, 3.05) is 0 Å². The SMILES string of the molecule is Cc1cc(C)c2c(c1)CC(c1ccccc1)(C(F)(F)F)OC2=O. The van der Waals surface area contributed by atoms with Gasteiger partial charge >= 0.3 is 12.1 Å². The molecule has 0 aromatic heterocycles. The summed E-state index contributed by atoms with van der Waals surface area (Å²) < 4.78 is 46.6. The molecule has 0 saturated carbocycles. The number of halogens is 3. The van der Waals surface area contributed by atoms with Crippen LogP contribution in [0.25, 0.3) is 0 Å². The zero-order chi connectivity index (χ0) is 16.8. The van der Waals surface area contributed by atoms with Crippen molar-refractivity contribution in [2.45, 2.75) is 32.0 Å². The number of ether oxygens (including phenoxy) is 1. The van der Waals surface area contributed by atoms with Crippen LogP contribution < -0.4 is 0 Å². The maximum absolute atomic E-state index is 13.9. The number of hydrogen-bond donors (Lipinski definition) is 0. The van der Waals surface area contributed by atoms with E-state index in [1.54, 1.807) is 32.0 Å². The maximum Gasteiger partial charge on any atom is 0.433 e. The summed E-state index contributed by atoms with van der Waals surface area (Å²) in [6, 6.07) is 10.7. The molecule has 23 heavy (non-hydrogen) atoms. The van der Waals surface area contributed by atoms with Crippen molar-refractivity contribution in [3.05, 3.63) is 70.3 Å². The summed E-state index contributed by atoms with van der Waals surface area (Å²) in [7, 11) is 0. The average Bonchev–Trinajstić information content (AvgIpc) is 2.45. The van der Waals surface area contributed by atoms with Crippen LogP contribution in [0.3, 0.4) is 0 Å². The Bertz CT molecular complexity index is 766. The minimum atomic E-state index is -4.71. The first-order valence-corrected chi connectivity index (χ1v) is 7.20. The first-order chi connectivity index (χ1) is 10.7. The fourth-order valence-corrected chi connectivity index (χ4v) is 3.19. The Balaban J connectivity index is 2.23. The number of rotatable bonds is 1. The lowest BCUT2D eigenvalue weighted by atomic mass is 9.81. The molecule has 0 amide bonds. The molecule has 1 heterocycles. The van der Waals surface area contributed by atoms with Gasteiger partial charge in [-0.25, -0.2) is 4.79 Å². The fraction of sp³-hybridized carbons (Fsp3) is 0.278. The third-order valence-electron chi connectivity index (χ3n) is 4.17. The second-order valence-corrected chi connectivity index (χ2v) is 5.87. The second-order valence-electron chi connectivity index (χ2n) is 5.87. The average molecular weight is 320 g/mol. The normalized spacial score (nSPS) is 20.8. The van der Waals surface area contributed by atoms with Gasteiger partial charge in [-0.1, -0.05) is 48.0 Å². The summed E-state index contributed by atoms with van der Waals surface area (Å²) in [6.45, 7) is 3.50. The van der Waals surface area contributed by atoms with Gasteiger partial charge in [-0.05, 0) is 25.0 Å². The quantitative estimate of drug-likeness (QED) is 0.725. The summed E-state index contributed by atoms with van der Waals surface area (Å²) in [5.41, 5.74) is -0.635. The largest absolute Gasteiger partial charge is 0.440 e. The first kappa shape index (κ1) is 15.6. The molecule has 0 radical (unpaired) electrons. The Morgan fingerprint density at radius 3 is 2.35 bits per heavy atom. The van der Waals surface area contributed by atoms with Crippen LogP contribution in [-0.2, 0) is 16.8 Å². The van der Waals surface area contributed by atoms with E-state index < -0.39 is 24.2 Å². The van der Waals surface area contributed by atoms with Crippen LogP contribution in [0.15, 0.2) is 42.5 Å². The van der Waals surface area contributed by atoms with Crippen LogP contribution in [0, 0.1) is 13.8 Å². The van der Waals surface area contributed by atoms with Gasteiger partial charge in [0.15, 0.2) is 0 Å². The van der Waals surface area contributed by atoms with Crippen molar-refractivity contribution in [3.8, 4) is 0 Å². The van der Waals surface area contributed by atoms with Gasteiger partial charge in [-0.15, -0.1) is 0 Å². The predicted molar refractivity (Wildman–Crippen MR) is 79.2 cm³/mol. The van der Waals surface area contributed by atoms with E-state index in [1.165, 1.54) is 24.3 Å². The van der Waals surface area contributed by atoms with Crippen molar-refractivity contribution in [1.29, 1.82) is 0 Å². The molecule has 1 atom stereocenters. The zero-order valence-corrected chi connectivity index (χ0v) is 12.7. The summed E-state index contributed by atoms with van der Waals surface area (Å²) >= 11 is 0. The van der Waals surface area contributed by atoms with Crippen molar-refractivity contribution in [2.24, 2.45) is 0 Å². The van der Waals surface area contributed by atoms with Crippen LogP contribution in [0.5, 0.6) is 0 Å². The summed E-state index contributed by atoms with van der Waals surface area (Å²) in [5, 5.41) is 0. The second kappa shape index (κ2) is 5.11. The number of esters is 1. The number of alkyl halides is 3. The summed E-state index contributed by atoms with van der Waals surface area (Å²) in [5.74, 6) is -0.926. The standard InChI is InChI=1S/C18H15F3O2/c1-11-8-12(2)15-13(9-11)10-17(18(19,20)21,23-16(15)22)14-6-4-3-5-7-14/h3-9H,10H2,1-2H3. The Kier molecular flexibility index (Phi) is 3.47. The lowest BCUT2D eigenvalue weighted by molar-refractivity contribution is -0.267. The predicted octanol–water partition coefficient (Wildman–Crippen LogP) is 4.47. The van der Waals surface area contributed by atoms with Crippen molar-refractivity contribution in [1.82, 2.24) is 0 Å². The van der Waals surface area contributed by atoms with Gasteiger partial charge < -0.3 is 4.74 Å². The van der Waals surface area contributed by atoms with E-state index in [0.29, 0.717) is 11.1 Å². The van der Waals surface area contributed by atoms with Gasteiger partial charge in [0, 0.05) is 12.0 Å². The third kappa shape index (κ3) is 2.40. The lowest BCUT2D eigenvalue weighted by Gasteiger charge is -2.39. The van der Waals surface area contributed by atoms with Gasteiger partial charge in [0.2, 0.25) is 5.60 Å². The topological polar surface area (TPSA) is 26.3 Å². The molecule has 3 rings (SSSR count). The summed E-state index contributed by atoms with van der Waals surface area (Å²) in [6.07, 6.45) is -5.12. The minimum Gasteiger partial charge on any atom is -0.440 e. The minimum absolute atomic E-state index is 0.0642. The smallest absolute Gasteiger partial charge is 0.433 e. The molecule has 1 aliphatic heterocycles. The van der Waals surface area contributed by atoms with Crippen LogP contribution >= 0.6 is 0 Å². The van der Waals surface area contributed by atoms with E-state index in [-0.39, 0.29) is 11.1 Å². The van der Waals surface area contributed by atoms with E-state index in [9.17, 15) is 18.0 Å². The van der Waals surface area contributed by atoms with Crippen molar-refractivity contribution >= 4 is 5.97 Å². The highest BCUT2D eigenvalue weighted by Crippen LogP contribution is 2.48. The molecule has 120 valence electrons. The number of hydrogen-bond acceptors (Lipinski definition) is 2. The highest BCUT2D eigenvalue weighted by molar-refractivity contribution is 5.94. The molecule has 0 aliphatic carbocycles. The zero-order valence-electron chi connectivity index (χ0n) is 12.7. The van der Waals surface area contributed by atoms with Crippen LogP contribution in [0.1, 0.15) is 32.6 Å². The van der Waals surface area contributed by atoms with Gasteiger partial charge in [0.1, 0.15) is 0 Å². The molecule has 5 heteroatoms. The van der Waals surface area contributed by atoms with E-state index in [1.807, 2.05) is 0 Å². The molecule has 2 aromatic rings. The van der Waals surface area contributed by atoms with Crippen molar-refractivity contribution in [3.63, 3.8) is 0 Å². The number of cyclic esters (lactones) is 1. The highest BCUT2D eigenvalue weighted by atomic mass is 19.4. The number of carbonyl (C=O) groups is 1. The first-order valence-electron chi connectivity index (χ1n) is 7.20. The number of aryl methyl sites for hydroxylation is 2. The van der Waals surface area contributed by atoms with Gasteiger partial charge in [-0.2, -0.15) is 13.2 Å². The van der Waals surface area contributed by atoms with Gasteiger partial charge in [-0.3, -0.25) is 0 Å². The fourth-order valence-electron chi connectivity index (χ4n) is 3.19. The Labute approximate surface area is 131 Å². The number of carbonyl (C=O) groups excluding carboxylic acids is 1. The highest BCUT2D eigenvalue weighted by Gasteiger charge is 2.61. The maximum atomic E-state index is 13.9. The van der Waals surface area contributed by atoms with E-state index >= 15 is 0 Å². The van der Waals surface area contributed by atoms with Crippen molar-refractivity contribution < 1.29 is 22.7 Å². The molecule has 2 aromatic carbocycles. The molecule has 0 spiro atoms. The molecule has 1 aliphatic rings. The Morgan fingerprint density at radius 2 is 1.74 bits per heavy atom. The molecule has 0 N–H and O–H groups in total.